The summed E-state index contributed by atoms with van der Waals surface area (Å²) in [6.07, 6.45) is 3.12. The third-order valence-corrected chi connectivity index (χ3v) is 7.10. The smallest absolute Gasteiger partial charge is 0.173 e. The van der Waals surface area contributed by atoms with Gasteiger partial charge in [-0.1, -0.05) is 6.07 Å². The van der Waals surface area contributed by atoms with Gasteiger partial charge in [0.25, 0.3) is 0 Å². The predicted molar refractivity (Wildman–Crippen MR) is 119 cm³/mol. The third kappa shape index (κ3) is 5.99. The highest BCUT2D eigenvalue weighted by atomic mass is 32.2. The summed E-state index contributed by atoms with van der Waals surface area (Å²) >= 11 is 10.4. The lowest BCUT2D eigenvalue weighted by Gasteiger charge is -2.16. The number of hydrogen-bond donors (Lipinski definition) is 4. The molecule has 2 aliphatic rings. The second kappa shape index (κ2) is 8.15. The summed E-state index contributed by atoms with van der Waals surface area (Å²) in [4.78, 5) is 0. The third-order valence-electron chi connectivity index (χ3n) is 3.87. The molecule has 150 valence electrons. The summed E-state index contributed by atoms with van der Waals surface area (Å²) in [5.41, 5.74) is 1.36. The molecule has 0 radical (unpaired) electrons. The maximum Gasteiger partial charge on any atom is 0.173 e. The first-order chi connectivity index (χ1) is 13.1. The summed E-state index contributed by atoms with van der Waals surface area (Å²) in [5.74, 6) is -0.0522. The zero-order valence-electron chi connectivity index (χ0n) is 14.5. The quantitative estimate of drug-likeness (QED) is 0.485. The van der Waals surface area contributed by atoms with Crippen LogP contribution < -0.4 is 21.3 Å². The van der Waals surface area contributed by atoms with Crippen LogP contribution in [0.1, 0.15) is 0 Å². The normalized spacial score (nSPS) is 23.9. The van der Waals surface area contributed by atoms with E-state index in [9.17, 15) is 16.8 Å². The van der Waals surface area contributed by atoms with Crippen LogP contribution in [0.4, 0.5) is 11.4 Å². The Bertz CT molecular complexity index is 983. The Morgan fingerprint density at radius 3 is 1.61 bits per heavy atom. The van der Waals surface area contributed by atoms with Gasteiger partial charge in [0.05, 0.1) is 23.6 Å². The molecule has 4 N–H and O–H groups in total. The van der Waals surface area contributed by atoms with E-state index in [4.69, 9.17) is 24.4 Å². The lowest BCUT2D eigenvalue weighted by molar-refractivity contribution is 0.601. The fraction of sp³-hybridized carbons (Fsp3) is 0.250. The molecule has 12 heteroatoms. The summed E-state index contributed by atoms with van der Waals surface area (Å²) in [6, 6.07) is 6.42. The van der Waals surface area contributed by atoms with E-state index in [0.29, 0.717) is 21.6 Å². The maximum absolute atomic E-state index is 11.4. The summed E-state index contributed by atoms with van der Waals surface area (Å²) < 4.78 is 45.7. The van der Waals surface area contributed by atoms with E-state index >= 15 is 0 Å². The Hall–Kier alpha value is -2.02. The predicted octanol–water partition coefficient (Wildman–Crippen LogP) is 0.881. The second-order valence-corrected chi connectivity index (χ2v) is 11.0. The van der Waals surface area contributed by atoms with Gasteiger partial charge in [0.1, 0.15) is 0 Å². The Labute approximate surface area is 174 Å². The summed E-state index contributed by atoms with van der Waals surface area (Å²) in [6.45, 7) is 0. The molecule has 0 aliphatic carbocycles. The Balaban J connectivity index is 1.52. The van der Waals surface area contributed by atoms with Crippen LogP contribution in [-0.2, 0) is 19.7 Å². The number of sulfone groups is 2. The summed E-state index contributed by atoms with van der Waals surface area (Å²) in [7, 11) is -6.31. The Kier molecular flexibility index (Phi) is 6.03. The van der Waals surface area contributed by atoms with Crippen LogP contribution in [0.3, 0.4) is 0 Å². The molecule has 3 rings (SSSR count). The van der Waals surface area contributed by atoms with Crippen molar-refractivity contribution in [1.82, 2.24) is 10.6 Å². The van der Waals surface area contributed by atoms with Crippen molar-refractivity contribution in [2.24, 2.45) is 0 Å². The minimum Gasteiger partial charge on any atom is -0.355 e. The number of nitrogens with one attached hydrogen (secondary N) is 4. The average molecular weight is 459 g/mol. The molecule has 0 saturated carbocycles. The van der Waals surface area contributed by atoms with Crippen LogP contribution in [-0.4, -0.2) is 50.6 Å². The van der Waals surface area contributed by atoms with E-state index in [2.05, 4.69) is 21.3 Å². The number of hydrogen-bond acceptors (Lipinski definition) is 6. The lowest BCUT2D eigenvalue weighted by atomic mass is 10.2. The molecule has 0 bridgehead atoms. The monoisotopic (exact) mass is 458 g/mol. The zero-order valence-corrected chi connectivity index (χ0v) is 17.7. The molecule has 2 heterocycles. The second-order valence-electron chi connectivity index (χ2n) is 6.31. The zero-order chi connectivity index (χ0) is 20.4. The van der Waals surface area contributed by atoms with Crippen LogP contribution in [0.2, 0.25) is 0 Å². The van der Waals surface area contributed by atoms with E-state index in [1.165, 1.54) is 10.8 Å². The first-order valence-electron chi connectivity index (χ1n) is 8.17. The van der Waals surface area contributed by atoms with Crippen molar-refractivity contribution >= 4 is 65.7 Å². The molecule has 2 atom stereocenters. The molecule has 0 saturated heterocycles. The van der Waals surface area contributed by atoms with Crippen molar-refractivity contribution in [2.45, 2.75) is 12.1 Å². The van der Waals surface area contributed by atoms with Gasteiger partial charge in [-0.05, 0) is 54.8 Å². The maximum atomic E-state index is 11.4. The van der Waals surface area contributed by atoms with Gasteiger partial charge in [0.2, 0.25) is 0 Å². The van der Waals surface area contributed by atoms with Crippen molar-refractivity contribution in [3.05, 3.63) is 47.2 Å². The Morgan fingerprint density at radius 2 is 1.25 bits per heavy atom. The van der Waals surface area contributed by atoms with Crippen molar-refractivity contribution in [2.75, 3.05) is 22.1 Å². The van der Waals surface area contributed by atoms with Crippen LogP contribution in [0.25, 0.3) is 0 Å². The summed E-state index contributed by atoms with van der Waals surface area (Å²) in [5, 5.41) is 14.8. The van der Waals surface area contributed by atoms with Gasteiger partial charge >= 0.3 is 0 Å². The van der Waals surface area contributed by atoms with Crippen LogP contribution in [0.5, 0.6) is 0 Å². The molecule has 0 amide bonds. The van der Waals surface area contributed by atoms with Gasteiger partial charge in [-0.25, -0.2) is 16.8 Å². The largest absolute Gasteiger partial charge is 0.355 e. The number of thiocarbonyl (C=S) groups is 2. The molecular formula is C16H18N4O4S4. The van der Waals surface area contributed by atoms with Gasteiger partial charge in [0.15, 0.2) is 29.9 Å². The first kappa shape index (κ1) is 20.7. The molecule has 0 spiro atoms. The van der Waals surface area contributed by atoms with Gasteiger partial charge < -0.3 is 21.3 Å². The van der Waals surface area contributed by atoms with Gasteiger partial charge in [-0.2, -0.15) is 0 Å². The molecule has 2 unspecified atom stereocenters. The number of anilines is 2. The van der Waals surface area contributed by atoms with Gasteiger partial charge in [-0.3, -0.25) is 0 Å². The highest BCUT2D eigenvalue weighted by Gasteiger charge is 2.23. The van der Waals surface area contributed by atoms with Crippen LogP contribution >= 0.6 is 24.4 Å². The van der Waals surface area contributed by atoms with Crippen molar-refractivity contribution in [3.63, 3.8) is 0 Å². The van der Waals surface area contributed by atoms with Crippen molar-refractivity contribution < 1.29 is 16.8 Å². The minimum atomic E-state index is -3.16. The van der Waals surface area contributed by atoms with E-state index in [-0.39, 0.29) is 23.6 Å². The van der Waals surface area contributed by atoms with E-state index in [0.717, 1.165) is 0 Å². The number of rotatable bonds is 4. The minimum absolute atomic E-state index is 0.0261. The van der Waals surface area contributed by atoms with E-state index in [1.54, 1.807) is 36.4 Å². The molecule has 2 aliphatic heterocycles. The molecule has 8 nitrogen and oxygen atoms in total. The topological polar surface area (TPSA) is 116 Å². The van der Waals surface area contributed by atoms with Crippen LogP contribution in [0, 0.1) is 0 Å². The fourth-order valence-corrected chi connectivity index (χ4v) is 5.69. The van der Waals surface area contributed by atoms with Crippen molar-refractivity contribution in [3.8, 4) is 0 Å². The van der Waals surface area contributed by atoms with E-state index < -0.39 is 19.7 Å². The van der Waals surface area contributed by atoms with Crippen LogP contribution in [0.15, 0.2) is 47.2 Å². The highest BCUT2D eigenvalue weighted by molar-refractivity contribution is 7.94. The fourth-order valence-electron chi connectivity index (χ4n) is 2.68. The molecule has 0 aromatic heterocycles. The molecular weight excluding hydrogens is 440 g/mol. The average Bonchev–Trinajstić information content (AvgIpc) is 3.08. The van der Waals surface area contributed by atoms with Crippen molar-refractivity contribution in [1.29, 1.82) is 0 Å². The standard InChI is InChI=1S/C16H18N4O4S4/c21-27(22)6-4-13(9-27)19-15(25)17-11-2-1-3-12(8-11)18-16(26)20-14-5-7-28(23,24)10-14/h1-8,13-14H,9-10H2,(H2,17,19,25)(H2,18,20,26). The SMILES string of the molecule is O=S1(=O)C=CC(NC(=S)Nc2cccc(NC(=S)NC3C=CS(=O)(=O)C3)c2)C1. The highest BCUT2D eigenvalue weighted by Crippen LogP contribution is 2.16. The van der Waals surface area contributed by atoms with Gasteiger partial charge in [-0.15, -0.1) is 0 Å². The Morgan fingerprint density at radius 1 is 0.821 bits per heavy atom. The molecule has 0 fully saturated rings. The van der Waals surface area contributed by atoms with E-state index in [1.807, 2.05) is 0 Å². The number of benzene rings is 1. The molecule has 28 heavy (non-hydrogen) atoms. The molecule has 1 aromatic rings. The first-order valence-corrected chi connectivity index (χ1v) is 12.4. The lowest BCUT2D eigenvalue weighted by Crippen LogP contribution is -2.38. The molecule has 1 aromatic carbocycles. The van der Waals surface area contributed by atoms with Gasteiger partial charge in [0, 0.05) is 22.2 Å².